The van der Waals surface area contributed by atoms with Gasteiger partial charge < -0.3 is 15.7 Å². The summed E-state index contributed by atoms with van der Waals surface area (Å²) in [4.78, 5) is 31.9. The molecule has 3 aromatic rings. The van der Waals surface area contributed by atoms with Gasteiger partial charge in [-0.3, -0.25) is 14.5 Å². The topological polar surface area (TPSA) is 95.0 Å². The van der Waals surface area contributed by atoms with Gasteiger partial charge in [-0.05, 0) is 62.2 Å². The summed E-state index contributed by atoms with van der Waals surface area (Å²) in [5.74, 6) is -0.646. The third kappa shape index (κ3) is 3.53. The Balaban J connectivity index is 1.63. The van der Waals surface area contributed by atoms with Crippen molar-refractivity contribution in [2.45, 2.75) is 38.8 Å². The third-order valence-electron chi connectivity index (χ3n) is 5.48. The second-order valence-corrected chi connectivity index (χ2v) is 7.40. The molecule has 0 unspecified atom stereocenters. The van der Waals surface area contributed by atoms with Gasteiger partial charge in [-0.1, -0.05) is 12.5 Å². The number of likely N-dealkylation sites (tertiary alicyclic amines) is 1. The van der Waals surface area contributed by atoms with Crippen LogP contribution < -0.4 is 11.3 Å². The van der Waals surface area contributed by atoms with Crippen LogP contribution in [0.15, 0.2) is 41.2 Å². The Labute approximate surface area is 157 Å². The van der Waals surface area contributed by atoms with E-state index >= 15 is 0 Å². The Morgan fingerprint density at radius 1 is 1.19 bits per heavy atom. The fourth-order valence-electron chi connectivity index (χ4n) is 3.88. The molecule has 3 heterocycles. The summed E-state index contributed by atoms with van der Waals surface area (Å²) in [5.41, 5.74) is 8.47. The monoisotopic (exact) mass is 364 g/mol. The second-order valence-electron chi connectivity index (χ2n) is 7.40. The highest BCUT2D eigenvalue weighted by Gasteiger charge is 2.18. The van der Waals surface area contributed by atoms with Crippen LogP contribution in [0.4, 0.5) is 0 Å². The third-order valence-corrected chi connectivity index (χ3v) is 5.48. The molecule has 0 saturated carbocycles. The van der Waals surface area contributed by atoms with Crippen LogP contribution in [-0.2, 0) is 6.54 Å². The first kappa shape index (κ1) is 17.5. The number of H-pyrrole nitrogens is 2. The molecular formula is C21H24N4O2. The van der Waals surface area contributed by atoms with E-state index in [4.69, 9.17) is 5.73 Å². The zero-order valence-electron chi connectivity index (χ0n) is 15.4. The van der Waals surface area contributed by atoms with E-state index in [-0.39, 0.29) is 11.3 Å². The van der Waals surface area contributed by atoms with Crippen molar-refractivity contribution >= 4 is 16.8 Å². The van der Waals surface area contributed by atoms with Crippen LogP contribution in [0.3, 0.4) is 0 Å². The number of fused-ring (bicyclic) bond motifs is 1. The number of aromatic nitrogens is 2. The van der Waals surface area contributed by atoms with Crippen molar-refractivity contribution in [2.24, 2.45) is 5.73 Å². The maximum Gasteiger partial charge on any atom is 0.265 e. The molecule has 1 amide bonds. The summed E-state index contributed by atoms with van der Waals surface area (Å²) in [6.45, 7) is 4.40. The zero-order chi connectivity index (χ0) is 19.0. The molecule has 2 aromatic heterocycles. The summed E-state index contributed by atoms with van der Waals surface area (Å²) in [6, 6.07) is 12.2. The van der Waals surface area contributed by atoms with Crippen LogP contribution in [0.5, 0.6) is 0 Å². The lowest BCUT2D eigenvalue weighted by Gasteiger charge is -2.33. The SMILES string of the molecule is C[C@@H]1CCCCN1Cc1ccc2[nH]c(-c3ccc(C(N)=O)[nH]c3=O)cc2c1. The van der Waals surface area contributed by atoms with E-state index in [1.165, 1.54) is 30.9 Å². The highest BCUT2D eigenvalue weighted by Crippen LogP contribution is 2.25. The van der Waals surface area contributed by atoms with Gasteiger partial charge in [-0.25, -0.2) is 0 Å². The minimum Gasteiger partial charge on any atom is -0.364 e. The number of piperidine rings is 1. The Morgan fingerprint density at radius 3 is 2.78 bits per heavy atom. The number of hydrogen-bond acceptors (Lipinski definition) is 3. The van der Waals surface area contributed by atoms with Gasteiger partial charge in [-0.15, -0.1) is 0 Å². The van der Waals surface area contributed by atoms with Gasteiger partial charge in [0.15, 0.2) is 0 Å². The number of aromatic amines is 2. The number of hydrogen-bond donors (Lipinski definition) is 3. The molecule has 0 radical (unpaired) electrons. The fourth-order valence-corrected chi connectivity index (χ4v) is 3.88. The molecule has 1 fully saturated rings. The summed E-state index contributed by atoms with van der Waals surface area (Å²) in [7, 11) is 0. The normalized spacial score (nSPS) is 18.0. The van der Waals surface area contributed by atoms with E-state index in [9.17, 15) is 9.59 Å². The fraction of sp³-hybridized carbons (Fsp3) is 0.333. The van der Waals surface area contributed by atoms with Gasteiger partial charge in [-0.2, -0.15) is 0 Å². The molecule has 1 saturated heterocycles. The molecule has 1 aliphatic rings. The van der Waals surface area contributed by atoms with E-state index in [1.54, 1.807) is 6.07 Å². The lowest BCUT2D eigenvalue weighted by Crippen LogP contribution is -2.36. The van der Waals surface area contributed by atoms with Crippen LogP contribution in [0.25, 0.3) is 22.2 Å². The minimum atomic E-state index is -0.646. The first-order valence-corrected chi connectivity index (χ1v) is 9.40. The lowest BCUT2D eigenvalue weighted by atomic mass is 10.0. The van der Waals surface area contributed by atoms with Crippen molar-refractivity contribution in [3.05, 3.63) is 58.0 Å². The summed E-state index contributed by atoms with van der Waals surface area (Å²) < 4.78 is 0. The number of amides is 1. The molecular weight excluding hydrogens is 340 g/mol. The first-order valence-electron chi connectivity index (χ1n) is 9.40. The Kier molecular flexibility index (Phi) is 4.58. The van der Waals surface area contributed by atoms with Crippen LogP contribution in [0.1, 0.15) is 42.2 Å². The summed E-state index contributed by atoms with van der Waals surface area (Å²) >= 11 is 0. The molecule has 6 heteroatoms. The molecule has 1 aliphatic heterocycles. The average molecular weight is 364 g/mol. The standard InChI is InChI=1S/C21H24N4O2/c1-13-4-2-3-9-25(13)12-14-5-7-17-15(10-14)11-19(23-17)16-6-8-18(20(22)26)24-21(16)27/h5-8,10-11,13,23H,2-4,9,12H2,1H3,(H2,22,26)(H,24,27)/t13-/m1/s1. The van der Waals surface area contributed by atoms with Crippen molar-refractivity contribution in [3.8, 4) is 11.3 Å². The Bertz CT molecular complexity index is 1050. The number of pyridine rings is 1. The number of primary amides is 1. The van der Waals surface area contributed by atoms with Crippen LogP contribution in [0, 0.1) is 0 Å². The largest absolute Gasteiger partial charge is 0.364 e. The Hall–Kier alpha value is -2.86. The van der Waals surface area contributed by atoms with Crippen molar-refractivity contribution in [3.63, 3.8) is 0 Å². The van der Waals surface area contributed by atoms with Gasteiger partial charge in [0.05, 0.1) is 11.3 Å². The zero-order valence-corrected chi connectivity index (χ0v) is 15.4. The number of rotatable bonds is 4. The molecule has 0 spiro atoms. The summed E-state index contributed by atoms with van der Waals surface area (Å²) in [6.07, 6.45) is 3.85. The number of benzene rings is 1. The van der Waals surface area contributed by atoms with E-state index in [1.807, 2.05) is 6.07 Å². The van der Waals surface area contributed by atoms with Crippen molar-refractivity contribution in [2.75, 3.05) is 6.54 Å². The maximum absolute atomic E-state index is 12.3. The number of carbonyl (C=O) groups excluding carboxylic acids is 1. The van der Waals surface area contributed by atoms with E-state index in [0.29, 0.717) is 11.6 Å². The quantitative estimate of drug-likeness (QED) is 0.664. The van der Waals surface area contributed by atoms with Gasteiger partial charge >= 0.3 is 0 Å². The highest BCUT2D eigenvalue weighted by atomic mass is 16.1. The molecule has 1 aromatic carbocycles. The number of nitrogens with zero attached hydrogens (tertiary/aromatic N) is 1. The van der Waals surface area contributed by atoms with Crippen molar-refractivity contribution in [1.82, 2.24) is 14.9 Å². The maximum atomic E-state index is 12.3. The van der Waals surface area contributed by atoms with E-state index < -0.39 is 5.91 Å². The van der Waals surface area contributed by atoms with Gasteiger partial charge in [0.25, 0.3) is 11.5 Å². The van der Waals surface area contributed by atoms with E-state index in [0.717, 1.165) is 29.7 Å². The number of nitrogens with two attached hydrogens (primary N) is 1. The molecule has 140 valence electrons. The van der Waals surface area contributed by atoms with Gasteiger partial charge in [0, 0.05) is 23.5 Å². The predicted molar refractivity (Wildman–Crippen MR) is 107 cm³/mol. The molecule has 6 nitrogen and oxygen atoms in total. The second kappa shape index (κ2) is 7.04. The number of carbonyl (C=O) groups is 1. The number of nitrogens with one attached hydrogen (secondary N) is 2. The molecule has 1 atom stereocenters. The van der Waals surface area contributed by atoms with Crippen LogP contribution in [-0.4, -0.2) is 33.4 Å². The first-order chi connectivity index (χ1) is 13.0. The van der Waals surface area contributed by atoms with E-state index in [2.05, 4.69) is 40.0 Å². The van der Waals surface area contributed by atoms with Crippen molar-refractivity contribution < 1.29 is 4.79 Å². The molecule has 4 rings (SSSR count). The average Bonchev–Trinajstić information content (AvgIpc) is 3.06. The smallest absolute Gasteiger partial charge is 0.265 e. The Morgan fingerprint density at radius 2 is 2.04 bits per heavy atom. The van der Waals surface area contributed by atoms with Crippen LogP contribution in [0.2, 0.25) is 0 Å². The highest BCUT2D eigenvalue weighted by molar-refractivity contribution is 5.91. The molecule has 4 N–H and O–H groups in total. The molecule has 0 aliphatic carbocycles. The van der Waals surface area contributed by atoms with Crippen LogP contribution >= 0.6 is 0 Å². The molecule has 27 heavy (non-hydrogen) atoms. The van der Waals surface area contributed by atoms with Crippen molar-refractivity contribution in [1.29, 1.82) is 0 Å². The minimum absolute atomic E-state index is 0.109. The van der Waals surface area contributed by atoms with Gasteiger partial charge in [0.1, 0.15) is 5.69 Å². The van der Waals surface area contributed by atoms with Gasteiger partial charge in [0.2, 0.25) is 0 Å². The molecule has 0 bridgehead atoms. The summed E-state index contributed by atoms with van der Waals surface area (Å²) in [5, 5.41) is 1.07. The predicted octanol–water partition coefficient (Wildman–Crippen LogP) is 3.00. The lowest BCUT2D eigenvalue weighted by molar-refractivity contribution is 0.0995.